The Hall–Kier alpha value is -0.870. The number of primary amides is 1. The summed E-state index contributed by atoms with van der Waals surface area (Å²) in [7, 11) is 0. The molecule has 1 fully saturated rings. The van der Waals surface area contributed by atoms with Crippen LogP contribution < -0.4 is 5.73 Å². The zero-order valence-corrected chi connectivity index (χ0v) is 9.50. The van der Waals surface area contributed by atoms with Crippen molar-refractivity contribution in [1.29, 1.82) is 0 Å². The predicted molar refractivity (Wildman–Crippen MR) is 61.8 cm³/mol. The van der Waals surface area contributed by atoms with Crippen LogP contribution in [0.5, 0.6) is 0 Å². The third kappa shape index (κ3) is 2.79. The molecule has 15 heavy (non-hydrogen) atoms. The molecule has 1 aromatic heterocycles. The molecular formula is C11H16N2OS. The van der Waals surface area contributed by atoms with E-state index in [0.717, 1.165) is 32.5 Å². The number of nitrogens with zero attached hydrogens (tertiary/aromatic N) is 1. The van der Waals surface area contributed by atoms with Crippen molar-refractivity contribution in [2.45, 2.75) is 12.8 Å². The van der Waals surface area contributed by atoms with Crippen molar-refractivity contribution >= 4 is 17.2 Å². The molecule has 0 saturated carbocycles. The van der Waals surface area contributed by atoms with Crippen LogP contribution in [0.15, 0.2) is 17.5 Å². The average molecular weight is 224 g/mol. The van der Waals surface area contributed by atoms with E-state index < -0.39 is 0 Å². The second-order valence-corrected chi connectivity index (χ2v) is 5.05. The van der Waals surface area contributed by atoms with Gasteiger partial charge in [0, 0.05) is 18.0 Å². The van der Waals surface area contributed by atoms with Crippen LogP contribution in [0.25, 0.3) is 0 Å². The summed E-state index contributed by atoms with van der Waals surface area (Å²) in [5, 5.41) is 2.10. The largest absolute Gasteiger partial charge is 0.369 e. The highest BCUT2D eigenvalue weighted by Gasteiger charge is 2.25. The molecule has 0 bridgehead atoms. The van der Waals surface area contributed by atoms with Crippen LogP contribution in [0.1, 0.15) is 11.3 Å². The van der Waals surface area contributed by atoms with Gasteiger partial charge >= 0.3 is 0 Å². The number of nitrogens with two attached hydrogens (primary N) is 1. The lowest BCUT2D eigenvalue weighted by Crippen LogP contribution is -2.28. The van der Waals surface area contributed by atoms with Gasteiger partial charge in [-0.05, 0) is 30.8 Å². The standard InChI is InChI=1S/C11H16N2OS/c12-11(14)9-3-5-13(8-9)6-4-10-2-1-7-15-10/h1-2,7,9H,3-6,8H2,(H2,12,14). The summed E-state index contributed by atoms with van der Waals surface area (Å²) in [6.07, 6.45) is 2.02. The third-order valence-electron chi connectivity index (χ3n) is 2.93. The summed E-state index contributed by atoms with van der Waals surface area (Å²) >= 11 is 1.80. The Labute approximate surface area is 93.9 Å². The Balaban J connectivity index is 1.75. The van der Waals surface area contributed by atoms with Gasteiger partial charge in [0.2, 0.25) is 5.91 Å². The van der Waals surface area contributed by atoms with Gasteiger partial charge in [0.1, 0.15) is 0 Å². The number of hydrogen-bond donors (Lipinski definition) is 1. The quantitative estimate of drug-likeness (QED) is 0.832. The second kappa shape index (κ2) is 4.77. The lowest BCUT2D eigenvalue weighted by molar-refractivity contribution is -0.121. The minimum Gasteiger partial charge on any atom is -0.369 e. The zero-order chi connectivity index (χ0) is 10.7. The van der Waals surface area contributed by atoms with Crippen molar-refractivity contribution < 1.29 is 4.79 Å². The highest BCUT2D eigenvalue weighted by atomic mass is 32.1. The van der Waals surface area contributed by atoms with Crippen LogP contribution in [-0.4, -0.2) is 30.4 Å². The van der Waals surface area contributed by atoms with E-state index in [-0.39, 0.29) is 11.8 Å². The Bertz CT molecular complexity index is 323. The van der Waals surface area contributed by atoms with Crippen molar-refractivity contribution in [2.75, 3.05) is 19.6 Å². The molecule has 0 spiro atoms. The smallest absolute Gasteiger partial charge is 0.221 e. The molecular weight excluding hydrogens is 208 g/mol. The van der Waals surface area contributed by atoms with Crippen molar-refractivity contribution in [1.82, 2.24) is 4.90 Å². The highest BCUT2D eigenvalue weighted by molar-refractivity contribution is 7.09. The number of hydrogen-bond acceptors (Lipinski definition) is 3. The minimum atomic E-state index is -0.145. The summed E-state index contributed by atoms with van der Waals surface area (Å²) in [4.78, 5) is 14.7. The highest BCUT2D eigenvalue weighted by Crippen LogP contribution is 2.17. The first-order chi connectivity index (χ1) is 7.25. The fraction of sp³-hybridized carbons (Fsp3) is 0.545. The molecule has 1 aliphatic rings. The van der Waals surface area contributed by atoms with Crippen molar-refractivity contribution in [2.24, 2.45) is 11.7 Å². The predicted octanol–water partition coefficient (Wildman–Crippen LogP) is 1.10. The second-order valence-electron chi connectivity index (χ2n) is 4.02. The maximum Gasteiger partial charge on any atom is 0.221 e. The Morgan fingerprint density at radius 2 is 2.53 bits per heavy atom. The van der Waals surface area contributed by atoms with E-state index >= 15 is 0 Å². The number of rotatable bonds is 4. The number of carbonyl (C=O) groups is 1. The lowest BCUT2D eigenvalue weighted by atomic mass is 10.1. The van der Waals surface area contributed by atoms with Crippen LogP contribution in [0.4, 0.5) is 0 Å². The summed E-state index contributed by atoms with van der Waals surface area (Å²) in [5.41, 5.74) is 5.29. The van der Waals surface area contributed by atoms with E-state index in [9.17, 15) is 4.79 Å². The molecule has 3 nitrogen and oxygen atoms in total. The van der Waals surface area contributed by atoms with E-state index in [0.29, 0.717) is 0 Å². The molecule has 0 aromatic carbocycles. The van der Waals surface area contributed by atoms with Crippen molar-refractivity contribution in [3.63, 3.8) is 0 Å². The molecule has 2 heterocycles. The molecule has 0 aliphatic carbocycles. The van der Waals surface area contributed by atoms with Crippen molar-refractivity contribution in [3.05, 3.63) is 22.4 Å². The Morgan fingerprint density at radius 3 is 3.13 bits per heavy atom. The molecule has 2 rings (SSSR count). The fourth-order valence-corrected chi connectivity index (χ4v) is 2.69. The first kappa shape index (κ1) is 10.6. The van der Waals surface area contributed by atoms with Gasteiger partial charge in [0.15, 0.2) is 0 Å². The molecule has 1 unspecified atom stereocenters. The van der Waals surface area contributed by atoms with E-state index in [1.54, 1.807) is 11.3 Å². The molecule has 82 valence electrons. The summed E-state index contributed by atoms with van der Waals surface area (Å²) in [6.45, 7) is 2.91. The first-order valence-corrected chi connectivity index (χ1v) is 6.18. The SMILES string of the molecule is NC(=O)C1CCN(CCc2cccs2)C1. The molecule has 1 aromatic rings. The van der Waals surface area contributed by atoms with Gasteiger partial charge in [-0.15, -0.1) is 11.3 Å². The summed E-state index contributed by atoms with van der Waals surface area (Å²) < 4.78 is 0. The third-order valence-corrected chi connectivity index (χ3v) is 3.87. The van der Waals surface area contributed by atoms with Gasteiger partial charge < -0.3 is 10.6 Å². The topological polar surface area (TPSA) is 46.3 Å². The van der Waals surface area contributed by atoms with E-state index in [1.807, 2.05) is 0 Å². The summed E-state index contributed by atoms with van der Waals surface area (Å²) in [5.74, 6) is -0.0676. The number of amides is 1. The van der Waals surface area contributed by atoms with Crippen LogP contribution in [0.3, 0.4) is 0 Å². The van der Waals surface area contributed by atoms with Crippen molar-refractivity contribution in [3.8, 4) is 0 Å². The van der Waals surface area contributed by atoms with Crippen LogP contribution in [-0.2, 0) is 11.2 Å². The minimum absolute atomic E-state index is 0.0772. The van der Waals surface area contributed by atoms with Crippen LogP contribution >= 0.6 is 11.3 Å². The van der Waals surface area contributed by atoms with E-state index in [2.05, 4.69) is 22.4 Å². The lowest BCUT2D eigenvalue weighted by Gasteiger charge is -2.14. The number of likely N-dealkylation sites (tertiary alicyclic amines) is 1. The Morgan fingerprint density at radius 1 is 1.67 bits per heavy atom. The summed E-state index contributed by atoms with van der Waals surface area (Å²) in [6, 6.07) is 4.24. The molecule has 1 aliphatic heterocycles. The molecule has 4 heteroatoms. The molecule has 0 radical (unpaired) electrons. The average Bonchev–Trinajstić information content (AvgIpc) is 2.86. The van der Waals surface area contributed by atoms with E-state index in [1.165, 1.54) is 4.88 Å². The van der Waals surface area contributed by atoms with Gasteiger partial charge in [-0.25, -0.2) is 0 Å². The van der Waals surface area contributed by atoms with Gasteiger partial charge in [0.05, 0.1) is 5.92 Å². The normalized spacial score (nSPS) is 22.0. The number of thiophene rings is 1. The molecule has 1 amide bonds. The monoisotopic (exact) mass is 224 g/mol. The fourth-order valence-electron chi connectivity index (χ4n) is 1.99. The van der Waals surface area contributed by atoms with Gasteiger partial charge in [-0.1, -0.05) is 6.07 Å². The maximum absolute atomic E-state index is 11.0. The maximum atomic E-state index is 11.0. The van der Waals surface area contributed by atoms with Gasteiger partial charge in [-0.2, -0.15) is 0 Å². The van der Waals surface area contributed by atoms with Crippen LogP contribution in [0.2, 0.25) is 0 Å². The van der Waals surface area contributed by atoms with E-state index in [4.69, 9.17) is 5.73 Å². The molecule has 1 saturated heterocycles. The first-order valence-electron chi connectivity index (χ1n) is 5.30. The Kier molecular flexibility index (Phi) is 3.38. The van der Waals surface area contributed by atoms with Gasteiger partial charge in [-0.3, -0.25) is 4.79 Å². The molecule has 2 N–H and O–H groups in total. The zero-order valence-electron chi connectivity index (χ0n) is 8.69. The number of carbonyl (C=O) groups excluding carboxylic acids is 1. The van der Waals surface area contributed by atoms with Crippen LogP contribution in [0, 0.1) is 5.92 Å². The molecule has 1 atom stereocenters. The van der Waals surface area contributed by atoms with Gasteiger partial charge in [0.25, 0.3) is 0 Å².